The second kappa shape index (κ2) is 8.77. The molecule has 0 radical (unpaired) electrons. The van der Waals surface area contributed by atoms with Crippen molar-refractivity contribution in [2.45, 2.75) is 33.1 Å². The summed E-state index contributed by atoms with van der Waals surface area (Å²) in [6, 6.07) is 2.08. The maximum atomic E-state index is 8.39. The van der Waals surface area contributed by atoms with Gasteiger partial charge in [0.15, 0.2) is 0 Å². The molecule has 80 valence electrons. The molecule has 2 unspecified atom stereocenters. The first-order chi connectivity index (χ1) is 6.76. The van der Waals surface area contributed by atoms with Crippen molar-refractivity contribution >= 4 is 0 Å². The van der Waals surface area contributed by atoms with Gasteiger partial charge in [0.1, 0.15) is 0 Å². The van der Waals surface area contributed by atoms with Crippen LogP contribution in [0.3, 0.4) is 0 Å². The van der Waals surface area contributed by atoms with E-state index in [9.17, 15) is 0 Å². The fourth-order valence-electron chi connectivity index (χ4n) is 1.55. The monoisotopic (exact) mass is 194 g/mol. The molecule has 0 amide bonds. The van der Waals surface area contributed by atoms with E-state index in [2.05, 4.69) is 31.8 Å². The molecule has 0 heterocycles. The standard InChI is InChI=1S/C12H22N2/c1-4-6-7-11(3)12(5-2)10-14-9-8-13/h5,11-12,14H,2,4,6-7,9-10H2,1,3H3. The van der Waals surface area contributed by atoms with Gasteiger partial charge in [-0.15, -0.1) is 6.58 Å². The Morgan fingerprint density at radius 2 is 2.29 bits per heavy atom. The third kappa shape index (κ3) is 5.77. The Balaban J connectivity index is 3.75. The van der Waals surface area contributed by atoms with Gasteiger partial charge in [-0.05, 0) is 11.8 Å². The zero-order valence-corrected chi connectivity index (χ0v) is 9.42. The summed E-state index contributed by atoms with van der Waals surface area (Å²) in [6.45, 7) is 9.63. The molecule has 0 aliphatic heterocycles. The molecule has 0 saturated carbocycles. The van der Waals surface area contributed by atoms with E-state index in [1.165, 1.54) is 19.3 Å². The lowest BCUT2D eigenvalue weighted by Crippen LogP contribution is -2.26. The summed E-state index contributed by atoms with van der Waals surface area (Å²) in [7, 11) is 0. The molecule has 0 aliphatic rings. The summed E-state index contributed by atoms with van der Waals surface area (Å²) in [5, 5.41) is 11.5. The quantitative estimate of drug-likeness (QED) is 0.366. The van der Waals surface area contributed by atoms with Crippen molar-refractivity contribution in [1.82, 2.24) is 5.32 Å². The van der Waals surface area contributed by atoms with Crippen molar-refractivity contribution in [3.63, 3.8) is 0 Å². The molecule has 0 fully saturated rings. The van der Waals surface area contributed by atoms with E-state index in [-0.39, 0.29) is 0 Å². The third-order valence-corrected chi connectivity index (χ3v) is 2.63. The largest absolute Gasteiger partial charge is 0.304 e. The zero-order valence-electron chi connectivity index (χ0n) is 9.42. The highest BCUT2D eigenvalue weighted by Crippen LogP contribution is 2.18. The molecule has 0 spiro atoms. The van der Waals surface area contributed by atoms with Crippen LogP contribution in [0.1, 0.15) is 33.1 Å². The first-order valence-electron chi connectivity index (χ1n) is 5.46. The fraction of sp³-hybridized carbons (Fsp3) is 0.750. The number of unbranched alkanes of at least 4 members (excludes halogenated alkanes) is 1. The van der Waals surface area contributed by atoms with Gasteiger partial charge in [-0.2, -0.15) is 5.26 Å². The van der Waals surface area contributed by atoms with E-state index in [0.29, 0.717) is 18.4 Å². The van der Waals surface area contributed by atoms with Crippen molar-refractivity contribution in [2.24, 2.45) is 11.8 Å². The van der Waals surface area contributed by atoms with Crippen molar-refractivity contribution in [3.8, 4) is 6.07 Å². The van der Waals surface area contributed by atoms with Crippen LogP contribution in [0, 0.1) is 23.2 Å². The molecular weight excluding hydrogens is 172 g/mol. The van der Waals surface area contributed by atoms with Crippen molar-refractivity contribution < 1.29 is 0 Å². The van der Waals surface area contributed by atoms with Gasteiger partial charge >= 0.3 is 0 Å². The first kappa shape index (κ1) is 13.2. The van der Waals surface area contributed by atoms with Crippen LogP contribution in [0.25, 0.3) is 0 Å². The van der Waals surface area contributed by atoms with Gasteiger partial charge in [0.05, 0.1) is 12.6 Å². The molecule has 0 rings (SSSR count). The van der Waals surface area contributed by atoms with Crippen LogP contribution in [0.15, 0.2) is 12.7 Å². The van der Waals surface area contributed by atoms with Crippen LogP contribution in [-0.4, -0.2) is 13.1 Å². The van der Waals surface area contributed by atoms with E-state index >= 15 is 0 Å². The Morgan fingerprint density at radius 1 is 1.57 bits per heavy atom. The maximum absolute atomic E-state index is 8.39. The minimum atomic E-state index is 0.435. The van der Waals surface area contributed by atoms with Gasteiger partial charge in [0, 0.05) is 6.54 Å². The normalized spacial score (nSPS) is 14.4. The van der Waals surface area contributed by atoms with Crippen LogP contribution in [0.4, 0.5) is 0 Å². The Hall–Kier alpha value is -0.810. The smallest absolute Gasteiger partial charge is 0.0841 e. The number of nitrogens with one attached hydrogen (secondary N) is 1. The predicted molar refractivity (Wildman–Crippen MR) is 60.9 cm³/mol. The zero-order chi connectivity index (χ0) is 10.8. The highest BCUT2D eigenvalue weighted by atomic mass is 14.9. The second-order valence-corrected chi connectivity index (χ2v) is 3.81. The molecule has 0 saturated heterocycles. The van der Waals surface area contributed by atoms with Crippen molar-refractivity contribution in [1.29, 1.82) is 5.26 Å². The Bertz CT molecular complexity index is 181. The molecule has 2 nitrogen and oxygen atoms in total. The first-order valence-corrected chi connectivity index (χ1v) is 5.46. The highest BCUT2D eigenvalue weighted by molar-refractivity contribution is 4.86. The minimum Gasteiger partial charge on any atom is -0.304 e. The minimum absolute atomic E-state index is 0.435. The van der Waals surface area contributed by atoms with Crippen LogP contribution in [0.2, 0.25) is 0 Å². The number of nitriles is 1. The van der Waals surface area contributed by atoms with Gasteiger partial charge in [-0.3, -0.25) is 0 Å². The van der Waals surface area contributed by atoms with E-state index in [1.54, 1.807) is 0 Å². The highest BCUT2D eigenvalue weighted by Gasteiger charge is 2.12. The Kier molecular flexibility index (Phi) is 8.27. The Morgan fingerprint density at radius 3 is 2.79 bits per heavy atom. The third-order valence-electron chi connectivity index (χ3n) is 2.63. The maximum Gasteiger partial charge on any atom is 0.0841 e. The molecule has 14 heavy (non-hydrogen) atoms. The predicted octanol–water partition coefficient (Wildman–Crippen LogP) is 2.73. The molecule has 0 bridgehead atoms. The number of rotatable bonds is 8. The molecule has 0 aromatic rings. The number of hydrogen-bond acceptors (Lipinski definition) is 2. The summed E-state index contributed by atoms with van der Waals surface area (Å²) in [5.74, 6) is 1.16. The SMILES string of the molecule is C=CC(CNCC#N)C(C)CCCC. The molecule has 0 aromatic carbocycles. The average Bonchev–Trinajstić information content (AvgIpc) is 2.21. The lowest BCUT2D eigenvalue weighted by Gasteiger charge is -2.20. The van der Waals surface area contributed by atoms with Crippen molar-refractivity contribution in [2.75, 3.05) is 13.1 Å². The molecule has 0 aromatic heterocycles. The molecular formula is C12H22N2. The van der Waals surface area contributed by atoms with Gasteiger partial charge in [0.2, 0.25) is 0 Å². The summed E-state index contributed by atoms with van der Waals surface area (Å²) >= 11 is 0. The van der Waals surface area contributed by atoms with Crippen LogP contribution >= 0.6 is 0 Å². The van der Waals surface area contributed by atoms with Crippen molar-refractivity contribution in [3.05, 3.63) is 12.7 Å². The van der Waals surface area contributed by atoms with Gasteiger partial charge in [-0.1, -0.05) is 39.2 Å². The van der Waals surface area contributed by atoms with E-state index in [1.807, 2.05) is 6.08 Å². The lowest BCUT2D eigenvalue weighted by atomic mass is 9.89. The van der Waals surface area contributed by atoms with E-state index in [4.69, 9.17) is 5.26 Å². The summed E-state index contributed by atoms with van der Waals surface area (Å²) in [4.78, 5) is 0. The van der Waals surface area contributed by atoms with E-state index < -0.39 is 0 Å². The molecule has 0 aliphatic carbocycles. The second-order valence-electron chi connectivity index (χ2n) is 3.81. The summed E-state index contributed by atoms with van der Waals surface area (Å²) in [5.41, 5.74) is 0. The van der Waals surface area contributed by atoms with Crippen LogP contribution < -0.4 is 5.32 Å². The lowest BCUT2D eigenvalue weighted by molar-refractivity contribution is 0.377. The Labute approximate surface area is 88.0 Å². The number of nitrogens with zero attached hydrogens (tertiary/aromatic N) is 1. The van der Waals surface area contributed by atoms with Crippen LogP contribution in [-0.2, 0) is 0 Å². The van der Waals surface area contributed by atoms with E-state index in [0.717, 1.165) is 6.54 Å². The van der Waals surface area contributed by atoms with Gasteiger partial charge in [0.25, 0.3) is 0 Å². The summed E-state index contributed by atoms with van der Waals surface area (Å²) in [6.07, 6.45) is 5.79. The fourth-order valence-corrected chi connectivity index (χ4v) is 1.55. The average molecular weight is 194 g/mol. The molecule has 2 heteroatoms. The topological polar surface area (TPSA) is 35.8 Å². The van der Waals surface area contributed by atoms with Gasteiger partial charge < -0.3 is 5.32 Å². The van der Waals surface area contributed by atoms with Crippen LogP contribution in [0.5, 0.6) is 0 Å². The summed E-state index contributed by atoms with van der Waals surface area (Å²) < 4.78 is 0. The van der Waals surface area contributed by atoms with Gasteiger partial charge in [-0.25, -0.2) is 0 Å². The number of hydrogen-bond donors (Lipinski definition) is 1. The molecule has 2 atom stereocenters. The molecule has 1 N–H and O–H groups in total.